The van der Waals surface area contributed by atoms with Gasteiger partial charge in [0, 0.05) is 16.7 Å². The van der Waals surface area contributed by atoms with E-state index >= 15 is 0 Å². The number of Topliss-reactive ketones (excluding diaryl/α,β-unsaturated/α-hetero) is 1. The van der Waals surface area contributed by atoms with Crippen molar-refractivity contribution in [1.82, 2.24) is 0 Å². The van der Waals surface area contributed by atoms with E-state index in [1.807, 2.05) is 0 Å². The monoisotopic (exact) mass is 350 g/mol. The fourth-order valence-corrected chi connectivity index (χ4v) is 2.89. The Bertz CT molecular complexity index is 995. The molecule has 0 aromatic rings. The quantitative estimate of drug-likeness (QED) is 0.664. The van der Waals surface area contributed by atoms with Crippen molar-refractivity contribution in [1.29, 1.82) is 0 Å². The Kier molecular flexibility index (Phi) is 3.50. The predicted molar refractivity (Wildman–Crippen MR) is 85.4 cm³/mol. The molecule has 0 fully saturated rings. The lowest BCUT2D eigenvalue weighted by Crippen LogP contribution is -2.31. The molecule has 0 amide bonds. The highest BCUT2D eigenvalue weighted by Crippen LogP contribution is 2.28. The van der Waals surface area contributed by atoms with Crippen LogP contribution in [0.1, 0.15) is 0 Å². The van der Waals surface area contributed by atoms with Crippen molar-refractivity contribution < 1.29 is 33.4 Å². The molecule has 2 heterocycles. The number of fused-ring (bicyclic) bond motifs is 1. The zero-order valence-corrected chi connectivity index (χ0v) is 13.2. The average molecular weight is 350 g/mol. The van der Waals surface area contributed by atoms with Gasteiger partial charge in [-0.1, -0.05) is 0 Å². The van der Waals surface area contributed by atoms with Crippen molar-refractivity contribution in [2.45, 2.75) is 6.10 Å². The van der Waals surface area contributed by atoms with Crippen molar-refractivity contribution in [2.75, 3.05) is 6.61 Å². The summed E-state index contributed by atoms with van der Waals surface area (Å²) < 4.78 is 10.6. The van der Waals surface area contributed by atoms with E-state index in [1.165, 1.54) is 12.2 Å². The van der Waals surface area contributed by atoms with Crippen LogP contribution in [0.3, 0.4) is 0 Å². The molecule has 2 aliphatic carbocycles. The summed E-state index contributed by atoms with van der Waals surface area (Å²) in [7, 11) is 0. The number of hydrogen-bond donors (Lipinski definition) is 0. The van der Waals surface area contributed by atoms with Gasteiger partial charge >= 0.3 is 0 Å². The van der Waals surface area contributed by atoms with E-state index in [9.17, 15) is 24.0 Å². The van der Waals surface area contributed by atoms with Crippen molar-refractivity contribution in [3.05, 3.63) is 70.8 Å². The Hall–Kier alpha value is -3.61. The lowest BCUT2D eigenvalue weighted by atomic mass is 9.89. The van der Waals surface area contributed by atoms with E-state index < -0.39 is 23.5 Å². The van der Waals surface area contributed by atoms with Gasteiger partial charge in [-0.25, -0.2) is 0 Å². The van der Waals surface area contributed by atoms with Crippen LogP contribution in [0.25, 0.3) is 0 Å². The second-order valence-corrected chi connectivity index (χ2v) is 5.85. The largest absolute Gasteiger partial charge is 0.485 e. The molecule has 0 aromatic carbocycles. The number of hydrogen-bond acceptors (Lipinski definition) is 7. The highest BCUT2D eigenvalue weighted by Gasteiger charge is 2.34. The Labute approximate surface area is 146 Å². The number of ether oxygens (including phenoxy) is 2. The van der Waals surface area contributed by atoms with Gasteiger partial charge < -0.3 is 9.47 Å². The maximum atomic E-state index is 12.6. The summed E-state index contributed by atoms with van der Waals surface area (Å²) in [5.41, 5.74) is 0.476. The SMILES string of the molecule is O=C1C=CC(=O)C2=CC(C(=O)C3=CC4=C(CO3)C(=O)C=CC4=O)OC=C12. The molecule has 0 bridgehead atoms. The van der Waals surface area contributed by atoms with Gasteiger partial charge in [-0.05, 0) is 36.5 Å². The molecule has 4 aliphatic rings. The second kappa shape index (κ2) is 5.73. The van der Waals surface area contributed by atoms with Crippen LogP contribution in [0, 0.1) is 0 Å². The first-order valence-corrected chi connectivity index (χ1v) is 7.69. The molecular weight excluding hydrogens is 340 g/mol. The summed E-state index contributed by atoms with van der Waals surface area (Å²) >= 11 is 0. The molecule has 0 radical (unpaired) electrons. The number of allylic oxidation sites excluding steroid dienone is 8. The zero-order valence-electron chi connectivity index (χ0n) is 13.2. The van der Waals surface area contributed by atoms with E-state index in [0.29, 0.717) is 0 Å². The van der Waals surface area contributed by atoms with Crippen LogP contribution in [-0.2, 0) is 33.4 Å². The minimum Gasteiger partial charge on any atom is -0.485 e. The molecule has 128 valence electrons. The van der Waals surface area contributed by atoms with Gasteiger partial charge in [0.05, 0.1) is 11.8 Å². The molecule has 7 heteroatoms. The number of carbonyl (C=O) groups excluding carboxylic acids is 5. The van der Waals surface area contributed by atoms with Gasteiger partial charge in [0.2, 0.25) is 5.78 Å². The highest BCUT2D eigenvalue weighted by atomic mass is 16.5. The summed E-state index contributed by atoms with van der Waals surface area (Å²) in [6, 6.07) is 0. The topological polar surface area (TPSA) is 104 Å². The predicted octanol–water partition coefficient (Wildman–Crippen LogP) is 0.391. The number of rotatable bonds is 2. The lowest BCUT2D eigenvalue weighted by molar-refractivity contribution is -0.126. The summed E-state index contributed by atoms with van der Waals surface area (Å²) in [6.07, 6.45) is 6.93. The first-order chi connectivity index (χ1) is 12.5. The molecule has 2 aliphatic heterocycles. The molecule has 0 aromatic heterocycles. The van der Waals surface area contributed by atoms with Crippen LogP contribution >= 0.6 is 0 Å². The average Bonchev–Trinajstić information content (AvgIpc) is 2.66. The first-order valence-electron chi connectivity index (χ1n) is 7.69. The summed E-state index contributed by atoms with van der Waals surface area (Å²) in [6.45, 7) is -0.202. The van der Waals surface area contributed by atoms with Crippen LogP contribution < -0.4 is 0 Å². The Morgan fingerprint density at radius 2 is 1.54 bits per heavy atom. The van der Waals surface area contributed by atoms with Gasteiger partial charge in [-0.3, -0.25) is 24.0 Å². The van der Waals surface area contributed by atoms with E-state index in [1.54, 1.807) is 0 Å². The summed E-state index contributed by atoms with van der Waals surface area (Å²) in [5.74, 6) is -2.30. The standard InChI is InChI=1S/C19H10O7/c20-13-1-3-15(22)11-7-25-17(5-9(11)13)19(24)18-6-10-12(8-26-18)16(23)4-2-14(10)21/h1-7,17H,8H2. The maximum absolute atomic E-state index is 12.6. The molecule has 26 heavy (non-hydrogen) atoms. The number of carbonyl (C=O) groups is 5. The zero-order chi connectivity index (χ0) is 18.4. The number of ketones is 5. The molecule has 4 rings (SSSR count). The first kappa shape index (κ1) is 15.9. The Morgan fingerprint density at radius 3 is 2.31 bits per heavy atom. The lowest BCUT2D eigenvalue weighted by Gasteiger charge is -2.24. The second-order valence-electron chi connectivity index (χ2n) is 5.85. The van der Waals surface area contributed by atoms with Crippen molar-refractivity contribution in [2.24, 2.45) is 0 Å². The van der Waals surface area contributed by atoms with E-state index in [-0.39, 0.29) is 46.2 Å². The van der Waals surface area contributed by atoms with Crippen molar-refractivity contribution >= 4 is 28.9 Å². The fraction of sp³-hybridized carbons (Fsp3) is 0.105. The van der Waals surface area contributed by atoms with E-state index in [4.69, 9.17) is 9.47 Å². The van der Waals surface area contributed by atoms with Crippen LogP contribution in [0.2, 0.25) is 0 Å². The molecule has 7 nitrogen and oxygen atoms in total. The minimum absolute atomic E-state index is 0.0864. The molecule has 0 saturated heterocycles. The van der Waals surface area contributed by atoms with Gasteiger partial charge in [-0.15, -0.1) is 0 Å². The van der Waals surface area contributed by atoms with Crippen molar-refractivity contribution in [3.8, 4) is 0 Å². The Balaban J connectivity index is 1.64. The van der Waals surface area contributed by atoms with Crippen LogP contribution in [-0.4, -0.2) is 41.6 Å². The molecule has 1 unspecified atom stereocenters. The smallest absolute Gasteiger partial charge is 0.241 e. The van der Waals surface area contributed by atoms with E-state index in [0.717, 1.165) is 30.6 Å². The van der Waals surface area contributed by atoms with Gasteiger partial charge in [-0.2, -0.15) is 0 Å². The summed E-state index contributed by atoms with van der Waals surface area (Å²) in [5, 5.41) is 0. The minimum atomic E-state index is -1.17. The van der Waals surface area contributed by atoms with Gasteiger partial charge in [0.15, 0.2) is 35.0 Å². The molecule has 0 N–H and O–H groups in total. The maximum Gasteiger partial charge on any atom is 0.241 e. The van der Waals surface area contributed by atoms with Crippen LogP contribution in [0.5, 0.6) is 0 Å². The summed E-state index contributed by atoms with van der Waals surface area (Å²) in [4.78, 5) is 60.0. The molecular formula is C19H10O7. The fourth-order valence-electron chi connectivity index (χ4n) is 2.89. The van der Waals surface area contributed by atoms with Crippen LogP contribution in [0.4, 0.5) is 0 Å². The molecule has 0 saturated carbocycles. The normalized spacial score (nSPS) is 24.2. The van der Waals surface area contributed by atoms with Crippen LogP contribution in [0.15, 0.2) is 70.8 Å². The third kappa shape index (κ3) is 2.41. The van der Waals surface area contributed by atoms with Gasteiger partial charge in [0.25, 0.3) is 0 Å². The third-order valence-electron chi connectivity index (χ3n) is 4.28. The third-order valence-corrected chi connectivity index (χ3v) is 4.28. The Morgan fingerprint density at radius 1 is 0.885 bits per heavy atom. The molecule has 0 spiro atoms. The highest BCUT2D eigenvalue weighted by molar-refractivity contribution is 6.25. The van der Waals surface area contributed by atoms with Gasteiger partial charge in [0.1, 0.15) is 6.61 Å². The van der Waals surface area contributed by atoms with Crippen molar-refractivity contribution in [3.63, 3.8) is 0 Å². The van der Waals surface area contributed by atoms with E-state index in [2.05, 4.69) is 0 Å². The molecule has 1 atom stereocenters.